The molecule has 0 radical (unpaired) electrons. The molecule has 0 spiro atoms. The van der Waals surface area contributed by atoms with E-state index in [4.69, 9.17) is 20.8 Å². The zero-order chi connectivity index (χ0) is 26.4. The zero-order valence-electron chi connectivity index (χ0n) is 20.9. The quantitative estimate of drug-likeness (QED) is 0.267. The van der Waals surface area contributed by atoms with Crippen LogP contribution in [0.4, 0.5) is 14.9 Å². The molecule has 0 aliphatic heterocycles. The fraction of sp³-hybridized carbons (Fsp3) is 0.360. The van der Waals surface area contributed by atoms with Gasteiger partial charge in [-0.05, 0) is 50.3 Å². The van der Waals surface area contributed by atoms with Crippen LogP contribution in [0.1, 0.15) is 30.0 Å². The molecular weight excluding hydrogens is 507 g/mol. The summed E-state index contributed by atoms with van der Waals surface area (Å²) in [6.45, 7) is 3.28. The summed E-state index contributed by atoms with van der Waals surface area (Å²) in [7, 11) is 6.76. The summed E-state index contributed by atoms with van der Waals surface area (Å²) in [4.78, 5) is 28.6. The second-order valence-corrected chi connectivity index (χ2v) is 9.71. The second kappa shape index (κ2) is 12.4. The number of hydrogen-bond donors (Lipinski definition) is 2. The lowest BCUT2D eigenvalue weighted by molar-refractivity contribution is 0.172. The minimum atomic E-state index is -0.612. The first-order valence-electron chi connectivity index (χ1n) is 11.4. The standard InChI is InChI=1S/C25H30ClFN4O4S/c1-6-10-31(5)14-18-16-12-19(26)22(35-25(33)30(3)4)13-21(16)34-24(32)17(18)11-15-8-7-9-20(23(15)27)29-36-28-2/h7-9,12-13,28-29H,6,10-11,14H2,1-5H3. The average Bonchev–Trinajstić information content (AvgIpc) is 2.82. The van der Waals surface area contributed by atoms with Crippen molar-refractivity contribution in [2.45, 2.75) is 26.3 Å². The molecule has 0 atom stereocenters. The van der Waals surface area contributed by atoms with Crippen molar-refractivity contribution in [1.29, 1.82) is 0 Å². The summed E-state index contributed by atoms with van der Waals surface area (Å²) in [5.74, 6) is -0.366. The number of ether oxygens (including phenoxy) is 1. The molecule has 1 aromatic heterocycles. The molecule has 11 heteroatoms. The zero-order valence-corrected chi connectivity index (χ0v) is 22.5. The van der Waals surface area contributed by atoms with Gasteiger partial charge in [0, 0.05) is 56.2 Å². The number of rotatable bonds is 10. The number of amides is 1. The normalized spacial score (nSPS) is 11.2. The molecule has 0 aliphatic rings. The van der Waals surface area contributed by atoms with E-state index in [0.29, 0.717) is 34.3 Å². The first-order chi connectivity index (χ1) is 17.2. The number of nitrogens with zero attached hydrogens (tertiary/aromatic N) is 2. The van der Waals surface area contributed by atoms with Crippen LogP contribution >= 0.6 is 23.7 Å². The smallest absolute Gasteiger partial charge is 0.414 e. The number of nitrogens with one attached hydrogen (secondary N) is 2. The SMILES string of the molecule is CCCN(C)Cc1c(Cc2cccc(NSNC)c2F)c(=O)oc2cc(OC(=O)N(C)C)c(Cl)cc12. The second-order valence-electron chi connectivity index (χ2n) is 8.49. The Balaban J connectivity index is 2.14. The van der Waals surface area contributed by atoms with E-state index in [1.54, 1.807) is 45.4 Å². The van der Waals surface area contributed by atoms with Gasteiger partial charge in [-0.15, -0.1) is 0 Å². The molecule has 1 amide bonds. The van der Waals surface area contributed by atoms with Gasteiger partial charge in [-0.1, -0.05) is 30.7 Å². The molecule has 0 fully saturated rings. The van der Waals surface area contributed by atoms with Crippen LogP contribution in [0.15, 0.2) is 39.5 Å². The van der Waals surface area contributed by atoms with Crippen molar-refractivity contribution in [3.8, 4) is 5.75 Å². The summed E-state index contributed by atoms with van der Waals surface area (Å²) >= 11 is 7.60. The van der Waals surface area contributed by atoms with Gasteiger partial charge in [0.05, 0.1) is 10.7 Å². The Morgan fingerprint density at radius 2 is 1.97 bits per heavy atom. The summed E-state index contributed by atoms with van der Waals surface area (Å²) in [6.07, 6.45) is 0.342. The molecule has 0 bridgehead atoms. The lowest BCUT2D eigenvalue weighted by Gasteiger charge is -2.20. The highest BCUT2D eigenvalue weighted by atomic mass is 35.5. The maximum Gasteiger partial charge on any atom is 0.414 e. The number of benzene rings is 2. The van der Waals surface area contributed by atoms with Gasteiger partial charge in [0.2, 0.25) is 0 Å². The highest BCUT2D eigenvalue weighted by molar-refractivity contribution is 7.98. The van der Waals surface area contributed by atoms with Gasteiger partial charge >= 0.3 is 11.7 Å². The maximum atomic E-state index is 15.2. The molecule has 194 valence electrons. The fourth-order valence-corrected chi connectivity index (χ4v) is 4.32. The summed E-state index contributed by atoms with van der Waals surface area (Å²) in [6, 6.07) is 8.05. The van der Waals surface area contributed by atoms with Crippen LogP contribution in [-0.2, 0) is 13.0 Å². The monoisotopic (exact) mass is 536 g/mol. The van der Waals surface area contributed by atoms with Gasteiger partial charge in [-0.25, -0.2) is 18.7 Å². The number of carbonyl (C=O) groups excluding carboxylic acids is 1. The van der Waals surface area contributed by atoms with E-state index in [0.717, 1.165) is 25.1 Å². The van der Waals surface area contributed by atoms with E-state index in [1.165, 1.54) is 11.0 Å². The Labute approximate surface area is 219 Å². The van der Waals surface area contributed by atoms with Crippen LogP contribution < -0.4 is 19.8 Å². The van der Waals surface area contributed by atoms with Crippen LogP contribution in [0.25, 0.3) is 11.0 Å². The Morgan fingerprint density at radius 1 is 1.22 bits per heavy atom. The van der Waals surface area contributed by atoms with E-state index in [2.05, 4.69) is 21.3 Å². The molecule has 0 aliphatic carbocycles. The number of fused-ring (bicyclic) bond motifs is 1. The van der Waals surface area contributed by atoms with Crippen molar-refractivity contribution >= 4 is 46.5 Å². The van der Waals surface area contributed by atoms with E-state index in [1.807, 2.05) is 7.05 Å². The summed E-state index contributed by atoms with van der Waals surface area (Å²) in [5.41, 5.74) is 1.33. The molecule has 0 saturated heterocycles. The summed E-state index contributed by atoms with van der Waals surface area (Å²) in [5, 5.41) is 0.793. The number of halogens is 2. The third-order valence-electron chi connectivity index (χ3n) is 5.48. The molecule has 2 N–H and O–H groups in total. The third kappa shape index (κ3) is 6.50. The average molecular weight is 537 g/mol. The Morgan fingerprint density at radius 3 is 2.64 bits per heavy atom. The Kier molecular flexibility index (Phi) is 9.61. The molecule has 2 aromatic carbocycles. The van der Waals surface area contributed by atoms with Crippen molar-refractivity contribution in [1.82, 2.24) is 14.5 Å². The molecular formula is C25H30ClFN4O4S. The minimum Gasteiger partial charge on any atom is -0.422 e. The van der Waals surface area contributed by atoms with Crippen LogP contribution in [0.2, 0.25) is 5.02 Å². The topological polar surface area (TPSA) is 87.0 Å². The van der Waals surface area contributed by atoms with Crippen molar-refractivity contribution in [2.24, 2.45) is 0 Å². The molecule has 0 saturated carbocycles. The fourth-order valence-electron chi connectivity index (χ4n) is 3.75. The largest absolute Gasteiger partial charge is 0.422 e. The van der Waals surface area contributed by atoms with Crippen LogP contribution in [0.5, 0.6) is 5.75 Å². The highest BCUT2D eigenvalue weighted by Gasteiger charge is 2.21. The molecule has 0 unspecified atom stereocenters. The predicted molar refractivity (Wildman–Crippen MR) is 143 cm³/mol. The number of hydrogen-bond acceptors (Lipinski definition) is 8. The maximum absolute atomic E-state index is 15.2. The molecule has 1 heterocycles. The summed E-state index contributed by atoms with van der Waals surface area (Å²) < 4.78 is 31.9. The molecule has 3 aromatic rings. The number of anilines is 1. The number of carbonyl (C=O) groups is 1. The first kappa shape index (κ1) is 27.8. The van der Waals surface area contributed by atoms with E-state index in [9.17, 15) is 9.59 Å². The van der Waals surface area contributed by atoms with E-state index < -0.39 is 17.5 Å². The Bertz CT molecular complexity index is 1300. The molecule has 36 heavy (non-hydrogen) atoms. The van der Waals surface area contributed by atoms with Crippen molar-refractivity contribution < 1.29 is 18.3 Å². The van der Waals surface area contributed by atoms with Gasteiger partial charge in [0.25, 0.3) is 0 Å². The highest BCUT2D eigenvalue weighted by Crippen LogP contribution is 2.34. The lowest BCUT2D eigenvalue weighted by Crippen LogP contribution is -2.25. The minimum absolute atomic E-state index is 0.0358. The van der Waals surface area contributed by atoms with E-state index >= 15 is 4.39 Å². The predicted octanol–water partition coefficient (Wildman–Crippen LogP) is 5.27. The van der Waals surface area contributed by atoms with Gasteiger partial charge in [0.1, 0.15) is 5.58 Å². The first-order valence-corrected chi connectivity index (χ1v) is 12.6. The van der Waals surface area contributed by atoms with Crippen molar-refractivity contribution in [2.75, 3.05) is 39.5 Å². The van der Waals surface area contributed by atoms with Gasteiger partial charge in [-0.2, -0.15) is 0 Å². The third-order valence-corrected chi connectivity index (χ3v) is 6.30. The van der Waals surface area contributed by atoms with Crippen molar-refractivity contribution in [3.05, 3.63) is 68.3 Å². The van der Waals surface area contributed by atoms with Gasteiger partial charge in [-0.3, -0.25) is 0 Å². The van der Waals surface area contributed by atoms with Gasteiger partial charge in [0.15, 0.2) is 11.6 Å². The Hall–Kier alpha value is -2.79. The molecule has 8 nitrogen and oxygen atoms in total. The molecule has 3 rings (SSSR count). The van der Waals surface area contributed by atoms with Crippen LogP contribution in [0.3, 0.4) is 0 Å². The lowest BCUT2D eigenvalue weighted by atomic mass is 9.97. The van der Waals surface area contributed by atoms with Gasteiger partial charge < -0.3 is 23.7 Å². The van der Waals surface area contributed by atoms with Crippen LogP contribution in [0, 0.1) is 5.82 Å². The van der Waals surface area contributed by atoms with Crippen molar-refractivity contribution in [3.63, 3.8) is 0 Å². The van der Waals surface area contributed by atoms with E-state index in [-0.39, 0.29) is 22.8 Å². The van der Waals surface area contributed by atoms with Crippen LogP contribution in [-0.4, -0.2) is 50.6 Å².